The second-order valence-electron chi connectivity index (χ2n) is 3.29. The lowest BCUT2D eigenvalue weighted by Gasteiger charge is -2.02. The minimum absolute atomic E-state index is 0.0207. The predicted octanol–water partition coefficient (Wildman–Crippen LogP) is 0.138. The molecule has 0 bridgehead atoms. The number of nitro groups is 1. The third-order valence-electron chi connectivity index (χ3n) is 2.14. The third-order valence-corrected chi connectivity index (χ3v) is 2.14. The number of carbonyl (C=O) groups is 2. The van der Waals surface area contributed by atoms with E-state index < -0.39 is 16.8 Å². The third kappa shape index (κ3) is 3.03. The highest BCUT2D eigenvalue weighted by molar-refractivity contribution is 5.93. The molecule has 0 atom stereocenters. The molecule has 0 fully saturated rings. The van der Waals surface area contributed by atoms with Gasteiger partial charge in [-0.05, 0) is 11.0 Å². The number of hydrogen-bond acceptors (Lipinski definition) is 4. The quantitative estimate of drug-likeness (QED) is 0.562. The van der Waals surface area contributed by atoms with Gasteiger partial charge < -0.3 is 20.5 Å². The summed E-state index contributed by atoms with van der Waals surface area (Å²) in [4.78, 5) is 31.7. The molecule has 17 heavy (non-hydrogen) atoms. The van der Waals surface area contributed by atoms with Crippen LogP contribution >= 0.6 is 0 Å². The number of hydrogen-bond donors (Lipinski definition) is 2. The Hall–Kier alpha value is -2.38. The number of nitrogens with one attached hydrogen (secondary N) is 1. The zero-order chi connectivity index (χ0) is 13.0. The van der Waals surface area contributed by atoms with Crippen molar-refractivity contribution in [2.45, 2.75) is 6.42 Å². The number of rotatable bonds is 5. The summed E-state index contributed by atoms with van der Waals surface area (Å²) in [5.74, 6) is -1.77. The highest BCUT2D eigenvalue weighted by Crippen LogP contribution is 2.14. The van der Waals surface area contributed by atoms with E-state index in [0.717, 1.165) is 4.57 Å². The van der Waals surface area contributed by atoms with Crippen molar-refractivity contribution in [2.24, 2.45) is 7.05 Å². The van der Waals surface area contributed by atoms with E-state index in [1.54, 1.807) is 0 Å². The number of aliphatic carboxylic acids is 1. The first kappa shape index (κ1) is 12.7. The van der Waals surface area contributed by atoms with Crippen molar-refractivity contribution in [2.75, 3.05) is 6.54 Å². The summed E-state index contributed by atoms with van der Waals surface area (Å²) in [6.45, 7) is -0.0207. The Morgan fingerprint density at radius 2 is 2.18 bits per heavy atom. The molecule has 0 unspecified atom stereocenters. The van der Waals surface area contributed by atoms with Gasteiger partial charge in [-0.1, -0.05) is 0 Å². The average molecular weight is 241 g/mol. The van der Waals surface area contributed by atoms with Gasteiger partial charge in [0.05, 0.1) is 13.5 Å². The van der Waals surface area contributed by atoms with Crippen LogP contribution in [0.15, 0.2) is 12.1 Å². The van der Waals surface area contributed by atoms with Crippen molar-refractivity contribution in [3.8, 4) is 0 Å². The Bertz CT molecular complexity index is 465. The molecule has 0 saturated carbocycles. The zero-order valence-electron chi connectivity index (χ0n) is 9.04. The molecule has 92 valence electrons. The normalized spacial score (nSPS) is 9.94. The minimum Gasteiger partial charge on any atom is -0.481 e. The van der Waals surface area contributed by atoms with Crippen LogP contribution in [0.4, 0.5) is 5.82 Å². The summed E-state index contributed by atoms with van der Waals surface area (Å²) in [6, 6.07) is 2.53. The van der Waals surface area contributed by atoms with Crippen molar-refractivity contribution in [3.63, 3.8) is 0 Å². The molecule has 0 aliphatic carbocycles. The SMILES string of the molecule is Cn1c(C(=O)NCCC(=O)O)ccc1[N+](=O)[O-]. The molecular formula is C9H11N3O5. The average Bonchev–Trinajstić information content (AvgIpc) is 2.59. The summed E-state index contributed by atoms with van der Waals surface area (Å²) in [5, 5.41) is 21.3. The molecule has 1 amide bonds. The van der Waals surface area contributed by atoms with E-state index in [2.05, 4.69) is 5.32 Å². The van der Waals surface area contributed by atoms with Gasteiger partial charge in [0.25, 0.3) is 5.91 Å². The Morgan fingerprint density at radius 3 is 2.65 bits per heavy atom. The summed E-state index contributed by atoms with van der Waals surface area (Å²) < 4.78 is 1.14. The van der Waals surface area contributed by atoms with E-state index in [0.29, 0.717) is 0 Å². The standard InChI is InChI=1S/C9H11N3O5/c1-11-6(2-3-7(11)12(16)17)9(15)10-5-4-8(13)14/h2-3H,4-5H2,1H3,(H,10,15)(H,13,14). The Morgan fingerprint density at radius 1 is 1.53 bits per heavy atom. The van der Waals surface area contributed by atoms with Crippen molar-refractivity contribution >= 4 is 17.7 Å². The lowest BCUT2D eigenvalue weighted by molar-refractivity contribution is -0.391. The fourth-order valence-electron chi connectivity index (χ4n) is 1.29. The van der Waals surface area contributed by atoms with Gasteiger partial charge in [0.15, 0.2) is 5.69 Å². The summed E-state index contributed by atoms with van der Waals surface area (Å²) in [5.41, 5.74) is 0.113. The van der Waals surface area contributed by atoms with Gasteiger partial charge in [0.1, 0.15) is 0 Å². The number of carboxylic acids is 1. The van der Waals surface area contributed by atoms with Crippen LogP contribution in [-0.2, 0) is 11.8 Å². The van der Waals surface area contributed by atoms with Gasteiger partial charge >= 0.3 is 11.8 Å². The van der Waals surface area contributed by atoms with Gasteiger partial charge in [-0.25, -0.2) is 4.57 Å². The van der Waals surface area contributed by atoms with E-state index in [9.17, 15) is 19.7 Å². The molecule has 1 heterocycles. The molecule has 1 aromatic rings. The van der Waals surface area contributed by atoms with Crippen LogP contribution in [0.25, 0.3) is 0 Å². The second kappa shape index (κ2) is 5.10. The molecule has 8 nitrogen and oxygen atoms in total. The van der Waals surface area contributed by atoms with Crippen LogP contribution in [0.3, 0.4) is 0 Å². The van der Waals surface area contributed by atoms with Gasteiger partial charge in [-0.3, -0.25) is 9.59 Å². The van der Waals surface area contributed by atoms with Crippen molar-refractivity contribution < 1.29 is 19.6 Å². The molecule has 0 radical (unpaired) electrons. The Kier molecular flexibility index (Phi) is 3.81. The molecule has 2 N–H and O–H groups in total. The summed E-state index contributed by atoms with van der Waals surface area (Å²) in [6.07, 6.45) is -0.196. The van der Waals surface area contributed by atoms with Gasteiger partial charge in [-0.2, -0.15) is 0 Å². The van der Waals surface area contributed by atoms with E-state index >= 15 is 0 Å². The Labute approximate surface area is 96.0 Å². The predicted molar refractivity (Wildman–Crippen MR) is 56.7 cm³/mol. The van der Waals surface area contributed by atoms with Crippen LogP contribution in [0, 0.1) is 10.1 Å². The van der Waals surface area contributed by atoms with Gasteiger partial charge in [0.2, 0.25) is 0 Å². The maximum absolute atomic E-state index is 11.5. The van der Waals surface area contributed by atoms with Gasteiger partial charge in [-0.15, -0.1) is 0 Å². The largest absolute Gasteiger partial charge is 0.481 e. The first-order valence-corrected chi connectivity index (χ1v) is 4.73. The van der Waals surface area contributed by atoms with Crippen LogP contribution in [0.1, 0.15) is 16.9 Å². The molecule has 1 aromatic heterocycles. The molecule has 8 heteroatoms. The lowest BCUT2D eigenvalue weighted by Crippen LogP contribution is -2.27. The second-order valence-corrected chi connectivity index (χ2v) is 3.29. The molecule has 0 saturated heterocycles. The summed E-state index contributed by atoms with van der Waals surface area (Å²) >= 11 is 0. The molecule has 1 rings (SSSR count). The fraction of sp³-hybridized carbons (Fsp3) is 0.333. The first-order chi connectivity index (χ1) is 7.93. The maximum Gasteiger partial charge on any atom is 0.323 e. The molecule has 0 aliphatic rings. The zero-order valence-corrected chi connectivity index (χ0v) is 9.04. The monoisotopic (exact) mass is 241 g/mol. The molecule has 0 aliphatic heterocycles. The van der Waals surface area contributed by atoms with Crippen molar-refractivity contribution in [3.05, 3.63) is 27.9 Å². The summed E-state index contributed by atoms with van der Waals surface area (Å²) in [7, 11) is 1.39. The smallest absolute Gasteiger partial charge is 0.323 e. The first-order valence-electron chi connectivity index (χ1n) is 4.73. The number of carbonyl (C=O) groups excluding carboxylic acids is 1. The molecular weight excluding hydrogens is 230 g/mol. The van der Waals surface area contributed by atoms with Crippen LogP contribution in [0.5, 0.6) is 0 Å². The lowest BCUT2D eigenvalue weighted by atomic mass is 10.3. The maximum atomic E-state index is 11.5. The van der Waals surface area contributed by atoms with Crippen molar-refractivity contribution in [1.82, 2.24) is 9.88 Å². The fourth-order valence-corrected chi connectivity index (χ4v) is 1.29. The number of amides is 1. The minimum atomic E-state index is -1.02. The molecule has 0 aromatic carbocycles. The highest BCUT2D eigenvalue weighted by atomic mass is 16.6. The van der Waals surface area contributed by atoms with E-state index in [1.165, 1.54) is 19.2 Å². The number of aromatic nitrogens is 1. The van der Waals surface area contributed by atoms with Crippen LogP contribution < -0.4 is 5.32 Å². The highest BCUT2D eigenvalue weighted by Gasteiger charge is 2.20. The van der Waals surface area contributed by atoms with E-state index in [1.807, 2.05) is 0 Å². The number of nitrogens with zero attached hydrogens (tertiary/aromatic N) is 2. The van der Waals surface area contributed by atoms with Gasteiger partial charge in [0, 0.05) is 12.6 Å². The molecule has 0 spiro atoms. The van der Waals surface area contributed by atoms with E-state index in [4.69, 9.17) is 5.11 Å². The van der Waals surface area contributed by atoms with Crippen molar-refractivity contribution in [1.29, 1.82) is 0 Å². The number of carboxylic acid groups (broad SMARTS) is 1. The van der Waals surface area contributed by atoms with Crippen LogP contribution in [-0.4, -0.2) is 33.0 Å². The topological polar surface area (TPSA) is 114 Å². The van der Waals surface area contributed by atoms with Crippen LogP contribution in [0.2, 0.25) is 0 Å². The Balaban J connectivity index is 2.70. The van der Waals surface area contributed by atoms with E-state index in [-0.39, 0.29) is 24.5 Å².